The minimum atomic E-state index is -0.0498. The minimum absolute atomic E-state index is 0.0498. The number of hydrogen-bond acceptors (Lipinski definition) is 5. The second kappa shape index (κ2) is 3.76. The van der Waals surface area contributed by atoms with E-state index < -0.39 is 0 Å². The van der Waals surface area contributed by atoms with E-state index in [0.29, 0.717) is 0 Å². The van der Waals surface area contributed by atoms with E-state index in [2.05, 4.69) is 15.3 Å². The van der Waals surface area contributed by atoms with Gasteiger partial charge in [-0.2, -0.15) is 0 Å². The first-order chi connectivity index (χ1) is 6.38. The highest BCUT2D eigenvalue weighted by molar-refractivity contribution is 8.16. The van der Waals surface area contributed by atoms with Gasteiger partial charge in [0.15, 0.2) is 5.17 Å². The van der Waals surface area contributed by atoms with E-state index in [1.165, 1.54) is 0 Å². The van der Waals surface area contributed by atoms with Crippen LogP contribution in [0.2, 0.25) is 0 Å². The van der Waals surface area contributed by atoms with Crippen molar-refractivity contribution in [3.8, 4) is 0 Å². The van der Waals surface area contributed by atoms with E-state index in [9.17, 15) is 0 Å². The summed E-state index contributed by atoms with van der Waals surface area (Å²) < 4.78 is 4.97. The van der Waals surface area contributed by atoms with Crippen molar-refractivity contribution >= 4 is 22.7 Å². The Morgan fingerprint density at radius 3 is 3.00 bits per heavy atom. The number of rotatable bonds is 2. The molecule has 0 aliphatic carbocycles. The van der Waals surface area contributed by atoms with Gasteiger partial charge in [-0.1, -0.05) is 6.07 Å². The number of pyridine rings is 1. The van der Waals surface area contributed by atoms with Crippen LogP contribution in [0.4, 0.5) is 5.82 Å². The summed E-state index contributed by atoms with van der Waals surface area (Å²) in [5.74, 6) is 0.809. The Morgan fingerprint density at radius 1 is 1.54 bits per heavy atom. The number of amidine groups is 1. The molecule has 1 aliphatic rings. The molecule has 4 nitrogen and oxygen atoms in total. The molecule has 0 saturated heterocycles. The normalized spacial score (nSPS) is 20.4. The number of methoxy groups -OCH3 is 1. The minimum Gasteiger partial charge on any atom is -0.350 e. The number of aromatic nitrogens is 1. The summed E-state index contributed by atoms with van der Waals surface area (Å²) in [5, 5.41) is 3.92. The van der Waals surface area contributed by atoms with E-state index in [-0.39, 0.29) is 5.56 Å². The first-order valence-corrected chi connectivity index (χ1v) is 4.72. The predicted molar refractivity (Wildman–Crippen MR) is 53.7 cm³/mol. The van der Waals surface area contributed by atoms with Crippen molar-refractivity contribution in [2.45, 2.75) is 5.56 Å². The van der Waals surface area contributed by atoms with Gasteiger partial charge in [0, 0.05) is 13.3 Å². The third-order valence-electron chi connectivity index (χ3n) is 1.54. The molecule has 1 atom stereocenters. The molecule has 5 heteroatoms. The van der Waals surface area contributed by atoms with E-state index in [0.717, 1.165) is 11.0 Å². The van der Waals surface area contributed by atoms with Crippen LogP contribution in [0.15, 0.2) is 29.4 Å². The summed E-state index contributed by atoms with van der Waals surface area (Å²) in [5.41, 5.74) is -0.0498. The van der Waals surface area contributed by atoms with Crippen LogP contribution in [0.3, 0.4) is 0 Å². The van der Waals surface area contributed by atoms with Crippen LogP contribution in [-0.4, -0.2) is 22.8 Å². The van der Waals surface area contributed by atoms with Crippen molar-refractivity contribution in [2.24, 2.45) is 4.99 Å². The lowest BCUT2D eigenvalue weighted by molar-refractivity contribution is 0.178. The van der Waals surface area contributed by atoms with Crippen LogP contribution >= 0.6 is 11.8 Å². The third kappa shape index (κ3) is 1.99. The third-order valence-corrected chi connectivity index (χ3v) is 2.47. The van der Waals surface area contributed by atoms with Crippen LogP contribution in [0.5, 0.6) is 0 Å². The van der Waals surface area contributed by atoms with E-state index in [4.69, 9.17) is 4.74 Å². The number of thioether (sulfide) groups is 1. The molecule has 13 heavy (non-hydrogen) atoms. The Balaban J connectivity index is 1.94. The Morgan fingerprint density at radius 2 is 2.38 bits per heavy atom. The molecule has 1 aromatic rings. The number of nitrogens with one attached hydrogen (secondary N) is 1. The van der Waals surface area contributed by atoms with E-state index >= 15 is 0 Å². The standard InChI is InChI=1S/C8H9N3OS/c1-12-8-11-7(13-8)10-6-4-2-3-5-9-6/h2-5,8H,1H3,(H,9,10,11). The molecule has 0 bridgehead atoms. The molecule has 2 rings (SSSR count). The highest BCUT2D eigenvalue weighted by atomic mass is 32.2. The van der Waals surface area contributed by atoms with Gasteiger partial charge in [0.05, 0.1) is 0 Å². The fraction of sp³-hybridized carbons (Fsp3) is 0.250. The Bertz CT molecular complexity index is 314. The fourth-order valence-corrected chi connectivity index (χ4v) is 1.51. The average molecular weight is 195 g/mol. The molecular formula is C8H9N3OS. The lowest BCUT2D eigenvalue weighted by Crippen LogP contribution is -2.24. The summed E-state index contributed by atoms with van der Waals surface area (Å²) in [6.07, 6.45) is 1.74. The van der Waals surface area contributed by atoms with Crippen LogP contribution in [0.25, 0.3) is 0 Å². The highest BCUT2D eigenvalue weighted by Gasteiger charge is 2.21. The zero-order valence-corrected chi connectivity index (χ0v) is 7.91. The zero-order valence-electron chi connectivity index (χ0n) is 7.10. The molecular weight excluding hydrogens is 186 g/mol. The first-order valence-electron chi connectivity index (χ1n) is 3.84. The monoisotopic (exact) mass is 195 g/mol. The molecule has 0 radical (unpaired) electrons. The summed E-state index contributed by atoms with van der Waals surface area (Å²) in [6.45, 7) is 0. The predicted octanol–water partition coefficient (Wildman–Crippen LogP) is 1.53. The number of ether oxygens (including phenoxy) is 1. The highest BCUT2D eigenvalue weighted by Crippen LogP contribution is 2.26. The molecule has 1 N–H and O–H groups in total. The summed E-state index contributed by atoms with van der Waals surface area (Å²) >= 11 is 1.55. The maximum Gasteiger partial charge on any atom is 0.206 e. The lowest BCUT2D eigenvalue weighted by Gasteiger charge is -2.21. The number of hydrogen-bond donors (Lipinski definition) is 1. The van der Waals surface area contributed by atoms with Crippen molar-refractivity contribution in [1.82, 2.24) is 4.98 Å². The molecule has 1 unspecified atom stereocenters. The molecule has 0 fully saturated rings. The summed E-state index contributed by atoms with van der Waals surface area (Å²) in [7, 11) is 1.64. The summed E-state index contributed by atoms with van der Waals surface area (Å²) in [6, 6.07) is 5.69. The van der Waals surface area contributed by atoms with Gasteiger partial charge < -0.3 is 10.1 Å². The Labute approximate surface area is 80.4 Å². The zero-order chi connectivity index (χ0) is 9.10. The molecule has 0 saturated carbocycles. The Kier molecular flexibility index (Phi) is 2.47. The van der Waals surface area contributed by atoms with Gasteiger partial charge in [-0.05, 0) is 23.9 Å². The topological polar surface area (TPSA) is 46.5 Å². The largest absolute Gasteiger partial charge is 0.350 e. The van der Waals surface area contributed by atoms with Crippen molar-refractivity contribution in [2.75, 3.05) is 12.4 Å². The van der Waals surface area contributed by atoms with Gasteiger partial charge in [0.1, 0.15) is 5.82 Å². The number of aliphatic imine (C=N–C) groups is 1. The maximum atomic E-state index is 4.97. The molecule has 1 aromatic heterocycles. The van der Waals surface area contributed by atoms with Gasteiger partial charge in [-0.25, -0.2) is 9.98 Å². The quantitative estimate of drug-likeness (QED) is 0.777. The smallest absolute Gasteiger partial charge is 0.206 e. The molecule has 0 amide bonds. The lowest BCUT2D eigenvalue weighted by atomic mass is 10.5. The van der Waals surface area contributed by atoms with Crippen molar-refractivity contribution in [3.63, 3.8) is 0 Å². The van der Waals surface area contributed by atoms with Crippen LogP contribution in [-0.2, 0) is 4.74 Å². The van der Waals surface area contributed by atoms with E-state index in [1.807, 2.05) is 18.2 Å². The molecule has 68 valence electrons. The fourth-order valence-electron chi connectivity index (χ4n) is 0.908. The van der Waals surface area contributed by atoms with Gasteiger partial charge >= 0.3 is 0 Å². The number of nitrogens with zero attached hydrogens (tertiary/aromatic N) is 2. The first kappa shape index (κ1) is 8.52. The van der Waals surface area contributed by atoms with Crippen LogP contribution in [0, 0.1) is 0 Å². The van der Waals surface area contributed by atoms with Crippen molar-refractivity contribution < 1.29 is 4.74 Å². The summed E-state index contributed by atoms with van der Waals surface area (Å²) in [4.78, 5) is 8.25. The molecule has 0 spiro atoms. The maximum absolute atomic E-state index is 4.97. The van der Waals surface area contributed by atoms with E-state index in [1.54, 1.807) is 25.1 Å². The van der Waals surface area contributed by atoms with Gasteiger partial charge in [0.2, 0.25) is 5.56 Å². The van der Waals surface area contributed by atoms with Crippen LogP contribution < -0.4 is 5.32 Å². The molecule has 2 heterocycles. The van der Waals surface area contributed by atoms with Crippen LogP contribution in [0.1, 0.15) is 0 Å². The number of anilines is 1. The average Bonchev–Trinajstić information content (AvgIpc) is 2.12. The van der Waals surface area contributed by atoms with Gasteiger partial charge in [-0.15, -0.1) is 0 Å². The second-order valence-corrected chi connectivity index (χ2v) is 3.46. The van der Waals surface area contributed by atoms with Crippen molar-refractivity contribution in [3.05, 3.63) is 24.4 Å². The van der Waals surface area contributed by atoms with Gasteiger partial charge in [0.25, 0.3) is 0 Å². The molecule has 1 aliphatic heterocycles. The molecule has 0 aromatic carbocycles. The Hall–Kier alpha value is -1.07. The SMILES string of the molecule is COC1N=C(Nc2ccccn2)S1. The van der Waals surface area contributed by atoms with Crippen molar-refractivity contribution in [1.29, 1.82) is 0 Å². The second-order valence-electron chi connectivity index (χ2n) is 2.43. The van der Waals surface area contributed by atoms with Gasteiger partial charge in [-0.3, -0.25) is 0 Å².